The molecule has 0 aliphatic rings. The molecular formula is C10H9BCl2O. The minimum absolute atomic E-state index is 0.450. The van der Waals surface area contributed by atoms with E-state index in [0.717, 1.165) is 11.1 Å². The average Bonchev–Trinajstić information content (AvgIpc) is 2.17. The van der Waals surface area contributed by atoms with Crippen molar-refractivity contribution in [2.45, 2.75) is 12.7 Å². The van der Waals surface area contributed by atoms with E-state index in [1.54, 1.807) is 12.1 Å². The van der Waals surface area contributed by atoms with Gasteiger partial charge in [-0.05, 0) is 29.7 Å². The lowest BCUT2D eigenvalue weighted by atomic mass is 9.93. The molecule has 0 atom stereocenters. The number of rotatable bonds is 4. The van der Waals surface area contributed by atoms with E-state index >= 15 is 0 Å². The fourth-order valence-electron chi connectivity index (χ4n) is 1.27. The van der Waals surface area contributed by atoms with Gasteiger partial charge in [0.2, 0.25) is 0 Å². The molecule has 0 saturated heterocycles. The lowest BCUT2D eigenvalue weighted by Gasteiger charge is -2.06. The molecule has 0 N–H and O–H groups in total. The Morgan fingerprint density at radius 1 is 1.43 bits per heavy atom. The summed E-state index contributed by atoms with van der Waals surface area (Å²) in [6.07, 6.45) is 1.08. The molecule has 0 aliphatic heterocycles. The highest BCUT2D eigenvalue weighted by Gasteiger charge is 2.08. The normalized spacial score (nSPS) is 10.1. The number of halogens is 2. The topological polar surface area (TPSA) is 17.1 Å². The molecule has 14 heavy (non-hydrogen) atoms. The van der Waals surface area contributed by atoms with Crippen molar-refractivity contribution in [1.82, 2.24) is 0 Å². The molecule has 72 valence electrons. The molecule has 0 aliphatic carbocycles. The fourth-order valence-corrected chi connectivity index (χ4v) is 1.66. The number of aryl methyl sites for hydroxylation is 1. The zero-order chi connectivity index (χ0) is 10.6. The summed E-state index contributed by atoms with van der Waals surface area (Å²) >= 11 is 11.0. The monoisotopic (exact) mass is 226 g/mol. The molecule has 0 spiro atoms. The summed E-state index contributed by atoms with van der Waals surface area (Å²) in [5, 5.41) is -0.450. The molecule has 2 radical (unpaired) electrons. The molecule has 0 unspecified atom stereocenters. The second-order valence-electron chi connectivity index (χ2n) is 2.91. The number of hydrogen-bond donors (Lipinski definition) is 0. The van der Waals surface area contributed by atoms with Gasteiger partial charge in [0.15, 0.2) is 0 Å². The van der Waals surface area contributed by atoms with Crippen LogP contribution in [0.25, 0.3) is 0 Å². The van der Waals surface area contributed by atoms with E-state index in [2.05, 4.69) is 0 Å². The van der Waals surface area contributed by atoms with Crippen LogP contribution in [0.3, 0.4) is 0 Å². The molecule has 0 saturated carbocycles. The molecule has 1 aromatic rings. The second-order valence-corrected chi connectivity index (χ2v) is 3.63. The molecule has 4 heteroatoms. The van der Waals surface area contributed by atoms with Gasteiger partial charge in [0, 0.05) is 11.4 Å². The molecule has 0 bridgehead atoms. The van der Waals surface area contributed by atoms with Crippen molar-refractivity contribution in [2.24, 2.45) is 0 Å². The van der Waals surface area contributed by atoms with Gasteiger partial charge in [0.05, 0.1) is 7.85 Å². The van der Waals surface area contributed by atoms with Crippen LogP contribution in [0.1, 0.15) is 21.5 Å². The Morgan fingerprint density at radius 2 is 2.14 bits per heavy atom. The average molecular weight is 227 g/mol. The zero-order valence-electron chi connectivity index (χ0n) is 7.59. The summed E-state index contributed by atoms with van der Waals surface area (Å²) in [4.78, 5) is 11.0. The number of benzene rings is 1. The van der Waals surface area contributed by atoms with E-state index in [-0.39, 0.29) is 0 Å². The SMILES string of the molecule is [B]Cc1ccc(C(=O)Cl)c(CCCl)c1. The van der Waals surface area contributed by atoms with Crippen LogP contribution in [0.15, 0.2) is 18.2 Å². The van der Waals surface area contributed by atoms with Crippen LogP contribution in [-0.2, 0) is 12.7 Å². The first-order valence-corrected chi connectivity index (χ1v) is 5.18. The molecular weight excluding hydrogens is 218 g/mol. The smallest absolute Gasteiger partial charge is 0.252 e. The van der Waals surface area contributed by atoms with Crippen molar-refractivity contribution < 1.29 is 4.79 Å². The standard InChI is InChI=1S/C10H9BCl2O/c11-6-7-1-2-9(10(13)14)8(5-7)3-4-12/h1-2,5H,3-4,6H2. The van der Waals surface area contributed by atoms with Crippen LogP contribution in [0, 0.1) is 0 Å². The van der Waals surface area contributed by atoms with Crippen LogP contribution in [-0.4, -0.2) is 19.0 Å². The predicted molar refractivity (Wildman–Crippen MR) is 60.5 cm³/mol. The number of alkyl halides is 1. The molecule has 1 rings (SSSR count). The minimum Gasteiger partial charge on any atom is -0.276 e. The van der Waals surface area contributed by atoms with Crippen molar-refractivity contribution in [3.05, 3.63) is 34.9 Å². The van der Waals surface area contributed by atoms with E-state index in [0.29, 0.717) is 24.2 Å². The van der Waals surface area contributed by atoms with Crippen LogP contribution in [0.2, 0.25) is 0 Å². The van der Waals surface area contributed by atoms with Crippen molar-refractivity contribution in [3.63, 3.8) is 0 Å². The Morgan fingerprint density at radius 3 is 2.64 bits per heavy atom. The maximum absolute atomic E-state index is 11.0. The summed E-state index contributed by atoms with van der Waals surface area (Å²) in [5.41, 5.74) is 2.36. The van der Waals surface area contributed by atoms with E-state index in [1.165, 1.54) is 0 Å². The van der Waals surface area contributed by atoms with Gasteiger partial charge >= 0.3 is 0 Å². The third-order valence-electron chi connectivity index (χ3n) is 1.98. The fraction of sp³-hybridized carbons (Fsp3) is 0.300. The number of hydrogen-bond acceptors (Lipinski definition) is 1. The van der Waals surface area contributed by atoms with Gasteiger partial charge in [-0.2, -0.15) is 0 Å². The maximum atomic E-state index is 11.0. The molecule has 0 amide bonds. The van der Waals surface area contributed by atoms with Crippen LogP contribution in [0.4, 0.5) is 0 Å². The van der Waals surface area contributed by atoms with E-state index < -0.39 is 5.24 Å². The molecule has 1 nitrogen and oxygen atoms in total. The van der Waals surface area contributed by atoms with Crippen molar-refractivity contribution in [3.8, 4) is 0 Å². The van der Waals surface area contributed by atoms with E-state index in [1.807, 2.05) is 6.07 Å². The Labute approximate surface area is 94.8 Å². The first-order valence-electron chi connectivity index (χ1n) is 4.26. The van der Waals surface area contributed by atoms with Gasteiger partial charge in [-0.1, -0.05) is 24.0 Å². The van der Waals surface area contributed by atoms with Gasteiger partial charge < -0.3 is 0 Å². The second kappa shape index (κ2) is 5.42. The van der Waals surface area contributed by atoms with Crippen LogP contribution in [0.5, 0.6) is 0 Å². The van der Waals surface area contributed by atoms with Crippen LogP contribution >= 0.6 is 23.2 Å². The van der Waals surface area contributed by atoms with Gasteiger partial charge in [-0.15, -0.1) is 11.6 Å². The third-order valence-corrected chi connectivity index (χ3v) is 2.37. The number of carbonyl (C=O) groups is 1. The first-order chi connectivity index (χ1) is 6.69. The molecule has 1 aromatic carbocycles. The molecule has 0 aromatic heterocycles. The minimum atomic E-state index is -0.450. The van der Waals surface area contributed by atoms with E-state index in [4.69, 9.17) is 31.0 Å². The van der Waals surface area contributed by atoms with E-state index in [9.17, 15) is 4.79 Å². The number of carbonyl (C=O) groups excluding carboxylic acids is 1. The summed E-state index contributed by atoms with van der Waals surface area (Å²) in [6, 6.07) is 5.37. The van der Waals surface area contributed by atoms with Gasteiger partial charge in [-0.3, -0.25) is 4.79 Å². The summed E-state index contributed by atoms with van der Waals surface area (Å²) in [5.74, 6) is 0.463. The maximum Gasteiger partial charge on any atom is 0.252 e. The summed E-state index contributed by atoms with van der Waals surface area (Å²) in [6.45, 7) is 0. The predicted octanol–water partition coefficient (Wildman–Crippen LogP) is 2.52. The highest BCUT2D eigenvalue weighted by atomic mass is 35.5. The Hall–Kier alpha value is -0.465. The van der Waals surface area contributed by atoms with Gasteiger partial charge in [0.1, 0.15) is 0 Å². The van der Waals surface area contributed by atoms with Crippen molar-refractivity contribution >= 4 is 36.3 Å². The van der Waals surface area contributed by atoms with Gasteiger partial charge in [0.25, 0.3) is 5.24 Å². The largest absolute Gasteiger partial charge is 0.276 e. The lowest BCUT2D eigenvalue weighted by molar-refractivity contribution is 0.108. The Balaban J connectivity index is 3.10. The molecule has 0 fully saturated rings. The Bertz CT molecular complexity index is 339. The quantitative estimate of drug-likeness (QED) is 0.438. The highest BCUT2D eigenvalue weighted by molar-refractivity contribution is 6.67. The Kier molecular flexibility index (Phi) is 4.50. The summed E-state index contributed by atoms with van der Waals surface area (Å²) in [7, 11) is 5.49. The van der Waals surface area contributed by atoms with Crippen LogP contribution < -0.4 is 0 Å². The first kappa shape index (κ1) is 11.6. The van der Waals surface area contributed by atoms with Crippen molar-refractivity contribution in [1.29, 1.82) is 0 Å². The lowest BCUT2D eigenvalue weighted by Crippen LogP contribution is -2.00. The summed E-state index contributed by atoms with van der Waals surface area (Å²) < 4.78 is 0. The van der Waals surface area contributed by atoms with Gasteiger partial charge in [-0.25, -0.2) is 0 Å². The molecule has 0 heterocycles. The van der Waals surface area contributed by atoms with Crippen molar-refractivity contribution in [2.75, 3.05) is 5.88 Å². The zero-order valence-corrected chi connectivity index (χ0v) is 9.11. The third kappa shape index (κ3) is 2.76. The highest BCUT2D eigenvalue weighted by Crippen LogP contribution is 2.15.